The lowest BCUT2D eigenvalue weighted by molar-refractivity contribution is -0.386. The quantitative estimate of drug-likeness (QED) is 0.162. The van der Waals surface area contributed by atoms with E-state index in [1.54, 1.807) is 0 Å². The SMILES string of the molecule is C[C@H](OC(=O)c1cccc(Oc2ccc(C(F)(F)F)cc2Cl)c1[N+](=O)[O-])C(=O)N=S(C)(=O)c1ccc(Cl)cc1. The summed E-state index contributed by atoms with van der Waals surface area (Å²) in [5.74, 6) is -3.26. The van der Waals surface area contributed by atoms with Gasteiger partial charge < -0.3 is 9.47 Å². The van der Waals surface area contributed by atoms with Crippen molar-refractivity contribution in [3.8, 4) is 11.5 Å². The molecular weight excluding hydrogens is 588 g/mol. The van der Waals surface area contributed by atoms with E-state index in [0.29, 0.717) is 17.2 Å². The van der Waals surface area contributed by atoms with Crippen LogP contribution in [0, 0.1) is 10.1 Å². The van der Waals surface area contributed by atoms with Gasteiger partial charge in [-0.1, -0.05) is 29.3 Å². The maximum atomic E-state index is 12.9. The van der Waals surface area contributed by atoms with Gasteiger partial charge in [-0.05, 0) is 61.5 Å². The van der Waals surface area contributed by atoms with Crippen molar-refractivity contribution in [1.29, 1.82) is 0 Å². The predicted molar refractivity (Wildman–Crippen MR) is 136 cm³/mol. The van der Waals surface area contributed by atoms with E-state index in [-0.39, 0.29) is 10.6 Å². The number of carbonyl (C=O) groups is 2. The molecule has 206 valence electrons. The van der Waals surface area contributed by atoms with E-state index in [4.69, 9.17) is 32.7 Å². The van der Waals surface area contributed by atoms with Crippen molar-refractivity contribution in [2.75, 3.05) is 6.26 Å². The van der Waals surface area contributed by atoms with E-state index < -0.39 is 66.4 Å². The van der Waals surface area contributed by atoms with Crippen molar-refractivity contribution in [2.24, 2.45) is 4.36 Å². The Bertz CT molecular complexity index is 1570. The van der Waals surface area contributed by atoms with Crippen LogP contribution in [0.4, 0.5) is 18.9 Å². The second-order valence-electron chi connectivity index (χ2n) is 7.89. The molecule has 0 bridgehead atoms. The topological polar surface area (TPSA) is 125 Å². The Kier molecular flexibility index (Phi) is 8.88. The number of nitro groups is 1. The number of esters is 1. The van der Waals surface area contributed by atoms with E-state index >= 15 is 0 Å². The Labute approximate surface area is 229 Å². The molecular formula is C24H17Cl2F3N2O7S. The van der Waals surface area contributed by atoms with Gasteiger partial charge in [0.1, 0.15) is 11.3 Å². The number of rotatable bonds is 7. The van der Waals surface area contributed by atoms with Crippen LogP contribution in [0.25, 0.3) is 0 Å². The number of hydrogen-bond donors (Lipinski definition) is 0. The van der Waals surface area contributed by atoms with E-state index in [9.17, 15) is 37.1 Å². The summed E-state index contributed by atoms with van der Waals surface area (Å²) in [6.45, 7) is 1.13. The maximum absolute atomic E-state index is 12.9. The van der Waals surface area contributed by atoms with Crippen LogP contribution in [0.1, 0.15) is 22.8 Å². The Morgan fingerprint density at radius 1 is 1.05 bits per heavy atom. The molecule has 0 fully saturated rings. The van der Waals surface area contributed by atoms with E-state index in [0.717, 1.165) is 25.1 Å². The number of hydrogen-bond acceptors (Lipinski definition) is 7. The van der Waals surface area contributed by atoms with Crippen LogP contribution in [0.3, 0.4) is 0 Å². The molecule has 9 nitrogen and oxygen atoms in total. The molecule has 15 heteroatoms. The number of nitro benzene ring substituents is 1. The minimum Gasteiger partial charge on any atom is -0.449 e. The Hall–Kier alpha value is -3.68. The summed E-state index contributed by atoms with van der Waals surface area (Å²) in [5.41, 5.74) is -2.59. The van der Waals surface area contributed by atoms with Crippen LogP contribution >= 0.6 is 23.2 Å². The van der Waals surface area contributed by atoms with Gasteiger partial charge in [0.25, 0.3) is 5.91 Å². The van der Waals surface area contributed by atoms with Gasteiger partial charge in [-0.2, -0.15) is 17.5 Å². The van der Waals surface area contributed by atoms with Gasteiger partial charge in [-0.25, -0.2) is 9.00 Å². The lowest BCUT2D eigenvalue weighted by atomic mass is 10.1. The number of para-hydroxylation sites is 1. The van der Waals surface area contributed by atoms with Gasteiger partial charge >= 0.3 is 17.8 Å². The van der Waals surface area contributed by atoms with Crippen molar-refractivity contribution in [3.63, 3.8) is 0 Å². The van der Waals surface area contributed by atoms with E-state index in [1.807, 2.05) is 0 Å². The third-order valence-electron chi connectivity index (χ3n) is 5.03. The van der Waals surface area contributed by atoms with Crippen molar-refractivity contribution >= 4 is 50.5 Å². The van der Waals surface area contributed by atoms with E-state index in [1.165, 1.54) is 36.6 Å². The van der Waals surface area contributed by atoms with Crippen molar-refractivity contribution in [3.05, 3.63) is 92.0 Å². The lowest BCUT2D eigenvalue weighted by Gasteiger charge is -2.14. The summed E-state index contributed by atoms with van der Waals surface area (Å²) in [7, 11) is -3.24. The molecule has 2 atom stereocenters. The number of benzene rings is 3. The maximum Gasteiger partial charge on any atom is 0.416 e. The molecule has 0 heterocycles. The molecule has 1 unspecified atom stereocenters. The summed E-state index contributed by atoms with van der Waals surface area (Å²) in [6.07, 6.45) is -5.07. The molecule has 3 aromatic rings. The fourth-order valence-corrected chi connectivity index (χ4v) is 4.68. The van der Waals surface area contributed by atoms with Gasteiger partial charge in [0.15, 0.2) is 6.10 Å². The van der Waals surface area contributed by atoms with Crippen LogP contribution in [-0.2, 0) is 25.4 Å². The second kappa shape index (κ2) is 11.6. The molecule has 3 aromatic carbocycles. The third kappa shape index (κ3) is 7.25. The average Bonchev–Trinajstić information content (AvgIpc) is 2.84. The summed E-state index contributed by atoms with van der Waals surface area (Å²) in [6, 6.07) is 11.1. The fraction of sp³-hybridized carbons (Fsp3) is 0.167. The Balaban J connectivity index is 1.87. The normalized spacial score (nSPS) is 13.6. The summed E-state index contributed by atoms with van der Waals surface area (Å²) in [4.78, 5) is 36.3. The average molecular weight is 605 g/mol. The first-order valence-corrected chi connectivity index (χ1v) is 13.3. The third-order valence-corrected chi connectivity index (χ3v) is 7.25. The lowest BCUT2D eigenvalue weighted by Crippen LogP contribution is -2.24. The molecule has 0 spiro atoms. The minimum absolute atomic E-state index is 0.196. The number of halogens is 5. The van der Waals surface area contributed by atoms with Crippen molar-refractivity contribution in [1.82, 2.24) is 0 Å². The van der Waals surface area contributed by atoms with Gasteiger partial charge in [-0.15, -0.1) is 0 Å². The zero-order valence-corrected chi connectivity index (χ0v) is 22.2. The molecule has 0 saturated carbocycles. The van der Waals surface area contributed by atoms with Crippen LogP contribution in [0.5, 0.6) is 11.5 Å². The highest BCUT2D eigenvalue weighted by Crippen LogP contribution is 2.40. The molecule has 1 amide bonds. The molecule has 0 radical (unpaired) electrons. The first-order chi connectivity index (χ1) is 18.1. The van der Waals surface area contributed by atoms with Gasteiger partial charge in [0.2, 0.25) is 5.75 Å². The molecule has 0 saturated heterocycles. The zero-order valence-electron chi connectivity index (χ0n) is 19.9. The number of nitrogens with zero attached hydrogens (tertiary/aromatic N) is 2. The molecule has 39 heavy (non-hydrogen) atoms. The van der Waals surface area contributed by atoms with Crippen molar-refractivity contribution < 1.29 is 41.4 Å². The van der Waals surface area contributed by atoms with Crippen LogP contribution < -0.4 is 4.74 Å². The van der Waals surface area contributed by atoms with Gasteiger partial charge in [0, 0.05) is 16.2 Å². The highest BCUT2D eigenvalue weighted by Gasteiger charge is 2.32. The first-order valence-electron chi connectivity index (χ1n) is 10.6. The fourth-order valence-electron chi connectivity index (χ4n) is 3.10. The predicted octanol–water partition coefficient (Wildman–Crippen LogP) is 6.94. The Morgan fingerprint density at radius 2 is 1.69 bits per heavy atom. The number of ether oxygens (including phenoxy) is 2. The summed E-state index contributed by atoms with van der Waals surface area (Å²) >= 11 is 11.7. The number of carbonyl (C=O) groups excluding carboxylic acids is 2. The van der Waals surface area contributed by atoms with Crippen LogP contribution in [0.2, 0.25) is 10.0 Å². The molecule has 3 rings (SSSR count). The molecule has 0 aromatic heterocycles. The smallest absolute Gasteiger partial charge is 0.416 e. The second-order valence-corrected chi connectivity index (χ2v) is 11.0. The minimum atomic E-state index is -4.68. The largest absolute Gasteiger partial charge is 0.449 e. The molecule has 0 N–H and O–H groups in total. The molecule has 0 aliphatic carbocycles. The summed E-state index contributed by atoms with van der Waals surface area (Å²) in [5, 5.41) is 11.7. The van der Waals surface area contributed by atoms with Crippen LogP contribution in [-0.4, -0.2) is 33.4 Å². The van der Waals surface area contributed by atoms with Crippen LogP contribution in [0.15, 0.2) is 69.9 Å². The number of alkyl halides is 3. The monoisotopic (exact) mass is 604 g/mol. The zero-order chi connectivity index (χ0) is 29.1. The molecule has 0 aliphatic rings. The first kappa shape index (κ1) is 29.9. The number of amides is 1. The molecule has 0 aliphatic heterocycles. The van der Waals surface area contributed by atoms with Gasteiger partial charge in [-0.3, -0.25) is 14.9 Å². The highest BCUT2D eigenvalue weighted by molar-refractivity contribution is 7.93. The van der Waals surface area contributed by atoms with E-state index in [2.05, 4.69) is 4.36 Å². The van der Waals surface area contributed by atoms with Gasteiger partial charge in [0.05, 0.1) is 25.2 Å². The summed E-state index contributed by atoms with van der Waals surface area (Å²) < 4.78 is 65.6. The highest BCUT2D eigenvalue weighted by atomic mass is 35.5. The Morgan fingerprint density at radius 3 is 2.26 bits per heavy atom. The standard InChI is InChI=1S/C24H17Cl2F3N2O7S/c1-13(22(32)30-39(2,36)16-9-7-15(25)8-10-16)37-23(33)17-4-3-5-20(21(17)31(34)35)38-19-11-6-14(12-18(19)26)24(27,28)29/h3-13H,1-2H3/t13-,39?/m0/s1. The van der Waals surface area contributed by atoms with Crippen molar-refractivity contribution in [2.45, 2.75) is 24.1 Å².